The Balaban J connectivity index is 2.15. The average molecular weight is 307 g/mol. The first-order chi connectivity index (χ1) is 10.2. The Bertz CT molecular complexity index is 535. The fraction of sp³-hybridized carbons (Fsp3) is 0.500. The van der Waals surface area contributed by atoms with E-state index in [4.69, 9.17) is 11.6 Å². The Kier molecular flexibility index (Phi) is 6.21. The maximum absolute atomic E-state index is 5.93. The molecule has 0 aliphatic heterocycles. The van der Waals surface area contributed by atoms with Crippen LogP contribution in [0.1, 0.15) is 44.2 Å². The van der Waals surface area contributed by atoms with Gasteiger partial charge in [-0.15, -0.1) is 0 Å². The Hall–Kier alpha value is -1.39. The lowest BCUT2D eigenvalue weighted by atomic mass is 10.1. The van der Waals surface area contributed by atoms with Crippen LogP contribution in [-0.4, -0.2) is 21.1 Å². The van der Waals surface area contributed by atoms with Gasteiger partial charge in [0.1, 0.15) is 5.82 Å². The molecule has 21 heavy (non-hydrogen) atoms. The summed E-state index contributed by atoms with van der Waals surface area (Å²) in [4.78, 5) is 8.95. The lowest BCUT2D eigenvalue weighted by Gasteiger charge is -2.18. The number of nitrogens with zero attached hydrogens (tertiary/aromatic N) is 3. The third kappa shape index (κ3) is 4.55. The van der Waals surface area contributed by atoms with Crippen molar-refractivity contribution in [1.82, 2.24) is 19.9 Å². The van der Waals surface area contributed by atoms with Gasteiger partial charge in [0, 0.05) is 31.6 Å². The van der Waals surface area contributed by atoms with Crippen molar-refractivity contribution in [2.75, 3.05) is 6.54 Å². The molecule has 0 aliphatic carbocycles. The molecule has 0 amide bonds. The smallest absolute Gasteiger partial charge is 0.110 e. The molecule has 2 aromatic rings. The van der Waals surface area contributed by atoms with Crippen LogP contribution in [0.2, 0.25) is 5.02 Å². The number of nitrogens with one attached hydrogen (secondary N) is 1. The van der Waals surface area contributed by atoms with Crippen molar-refractivity contribution in [2.45, 2.75) is 45.7 Å². The van der Waals surface area contributed by atoms with Gasteiger partial charge in [-0.3, -0.25) is 4.98 Å². The van der Waals surface area contributed by atoms with E-state index in [2.05, 4.69) is 33.7 Å². The van der Waals surface area contributed by atoms with E-state index in [0.717, 1.165) is 43.9 Å². The van der Waals surface area contributed by atoms with Crippen LogP contribution in [-0.2, 0) is 13.0 Å². The van der Waals surface area contributed by atoms with Gasteiger partial charge in [0.2, 0.25) is 0 Å². The molecule has 0 bridgehead atoms. The predicted octanol–water partition coefficient (Wildman–Crippen LogP) is 3.62. The molecule has 2 heterocycles. The Morgan fingerprint density at radius 3 is 2.76 bits per heavy atom. The molecule has 0 fully saturated rings. The van der Waals surface area contributed by atoms with Gasteiger partial charge in [-0.05, 0) is 31.5 Å². The molecule has 1 atom stereocenters. The van der Waals surface area contributed by atoms with Crippen LogP contribution in [0, 0.1) is 0 Å². The predicted molar refractivity (Wildman–Crippen MR) is 86.5 cm³/mol. The number of aromatic nitrogens is 3. The van der Waals surface area contributed by atoms with Crippen LogP contribution in [0.25, 0.3) is 0 Å². The van der Waals surface area contributed by atoms with Gasteiger partial charge in [-0.2, -0.15) is 0 Å². The quantitative estimate of drug-likeness (QED) is 0.810. The summed E-state index contributed by atoms with van der Waals surface area (Å²) in [6, 6.07) is 4.05. The van der Waals surface area contributed by atoms with Gasteiger partial charge in [0.05, 0.1) is 16.8 Å². The van der Waals surface area contributed by atoms with Gasteiger partial charge in [0.15, 0.2) is 0 Å². The second-order valence-corrected chi connectivity index (χ2v) is 5.59. The normalized spacial score (nSPS) is 12.5. The van der Waals surface area contributed by atoms with Crippen molar-refractivity contribution in [3.05, 3.63) is 47.3 Å². The van der Waals surface area contributed by atoms with Gasteiger partial charge < -0.3 is 9.88 Å². The molecule has 0 aromatic carbocycles. The first-order valence-electron chi connectivity index (χ1n) is 7.59. The lowest BCUT2D eigenvalue weighted by Crippen LogP contribution is -2.26. The third-order valence-electron chi connectivity index (χ3n) is 3.40. The standard InChI is InChI=1S/C16H23ClN4/c1-3-7-18-15(14-6-5-13(17)12-20-14)11-16-19-8-10-21(16)9-4-2/h5-6,8,10,12,15,18H,3-4,7,9,11H2,1-2H3. The number of rotatable bonds is 8. The number of aryl methyl sites for hydroxylation is 1. The summed E-state index contributed by atoms with van der Waals surface area (Å²) in [6.07, 6.45) is 8.66. The molecule has 1 unspecified atom stereocenters. The Labute approximate surface area is 131 Å². The number of hydrogen-bond acceptors (Lipinski definition) is 3. The monoisotopic (exact) mass is 306 g/mol. The highest BCUT2D eigenvalue weighted by molar-refractivity contribution is 6.30. The van der Waals surface area contributed by atoms with Gasteiger partial charge in [-0.25, -0.2) is 4.98 Å². The maximum atomic E-state index is 5.93. The SMILES string of the molecule is CCCNC(Cc1nccn1CCC)c1ccc(Cl)cn1. The van der Waals surface area contributed by atoms with Crippen LogP contribution in [0.4, 0.5) is 0 Å². The largest absolute Gasteiger partial charge is 0.335 e. The molecule has 5 heteroatoms. The van der Waals surface area contributed by atoms with Crippen molar-refractivity contribution >= 4 is 11.6 Å². The van der Waals surface area contributed by atoms with Crippen molar-refractivity contribution in [1.29, 1.82) is 0 Å². The molecule has 114 valence electrons. The molecule has 0 saturated carbocycles. The van der Waals surface area contributed by atoms with E-state index >= 15 is 0 Å². The molecule has 4 nitrogen and oxygen atoms in total. The van der Waals surface area contributed by atoms with Crippen LogP contribution in [0.5, 0.6) is 0 Å². The lowest BCUT2D eigenvalue weighted by molar-refractivity contribution is 0.493. The zero-order chi connectivity index (χ0) is 15.1. The molecule has 0 spiro atoms. The summed E-state index contributed by atoms with van der Waals surface area (Å²) in [5, 5.41) is 4.22. The van der Waals surface area contributed by atoms with Gasteiger partial charge in [-0.1, -0.05) is 25.4 Å². The summed E-state index contributed by atoms with van der Waals surface area (Å²) in [5.74, 6) is 1.10. The zero-order valence-corrected chi connectivity index (χ0v) is 13.5. The highest BCUT2D eigenvalue weighted by Crippen LogP contribution is 2.18. The zero-order valence-electron chi connectivity index (χ0n) is 12.7. The van der Waals surface area contributed by atoms with E-state index in [1.165, 1.54) is 0 Å². The summed E-state index contributed by atoms with van der Waals surface area (Å²) in [5.41, 5.74) is 1.01. The molecule has 0 saturated heterocycles. The summed E-state index contributed by atoms with van der Waals surface area (Å²) in [6.45, 7) is 6.31. The van der Waals surface area contributed by atoms with Gasteiger partial charge >= 0.3 is 0 Å². The van der Waals surface area contributed by atoms with E-state index in [1.807, 2.05) is 24.5 Å². The molecule has 2 rings (SSSR count). The minimum atomic E-state index is 0.167. The van der Waals surface area contributed by atoms with Crippen molar-refractivity contribution < 1.29 is 0 Å². The van der Waals surface area contributed by atoms with Crippen molar-refractivity contribution in [3.8, 4) is 0 Å². The third-order valence-corrected chi connectivity index (χ3v) is 3.62. The van der Waals surface area contributed by atoms with E-state index in [9.17, 15) is 0 Å². The highest BCUT2D eigenvalue weighted by atomic mass is 35.5. The van der Waals surface area contributed by atoms with Crippen LogP contribution in [0.15, 0.2) is 30.7 Å². The Morgan fingerprint density at radius 2 is 2.10 bits per heavy atom. The highest BCUT2D eigenvalue weighted by Gasteiger charge is 2.15. The molecular formula is C16H23ClN4. The first-order valence-corrected chi connectivity index (χ1v) is 7.97. The van der Waals surface area contributed by atoms with E-state index < -0.39 is 0 Å². The molecular weight excluding hydrogens is 284 g/mol. The molecule has 0 aliphatic rings. The molecule has 1 N–H and O–H groups in total. The second kappa shape index (κ2) is 8.15. The van der Waals surface area contributed by atoms with Gasteiger partial charge in [0.25, 0.3) is 0 Å². The van der Waals surface area contributed by atoms with E-state index in [1.54, 1.807) is 6.20 Å². The average Bonchev–Trinajstić information content (AvgIpc) is 2.92. The van der Waals surface area contributed by atoms with Crippen LogP contribution in [0.3, 0.4) is 0 Å². The fourth-order valence-corrected chi connectivity index (χ4v) is 2.46. The summed E-state index contributed by atoms with van der Waals surface area (Å²) in [7, 11) is 0. The molecule has 2 aromatic heterocycles. The number of halogens is 1. The fourth-order valence-electron chi connectivity index (χ4n) is 2.35. The van der Waals surface area contributed by atoms with Crippen LogP contribution < -0.4 is 5.32 Å². The summed E-state index contributed by atoms with van der Waals surface area (Å²) >= 11 is 5.93. The van der Waals surface area contributed by atoms with E-state index in [-0.39, 0.29) is 6.04 Å². The molecule has 0 radical (unpaired) electrons. The van der Waals surface area contributed by atoms with Crippen LogP contribution >= 0.6 is 11.6 Å². The Morgan fingerprint density at radius 1 is 1.24 bits per heavy atom. The van der Waals surface area contributed by atoms with Crippen molar-refractivity contribution in [2.24, 2.45) is 0 Å². The number of hydrogen-bond donors (Lipinski definition) is 1. The number of pyridine rings is 1. The minimum Gasteiger partial charge on any atom is -0.335 e. The minimum absolute atomic E-state index is 0.167. The second-order valence-electron chi connectivity index (χ2n) is 5.15. The number of imidazole rings is 1. The topological polar surface area (TPSA) is 42.7 Å². The van der Waals surface area contributed by atoms with Crippen molar-refractivity contribution in [3.63, 3.8) is 0 Å². The maximum Gasteiger partial charge on any atom is 0.110 e. The summed E-state index contributed by atoms with van der Waals surface area (Å²) < 4.78 is 2.22. The van der Waals surface area contributed by atoms with E-state index in [0.29, 0.717) is 5.02 Å². The first kappa shape index (κ1) is 16.0.